The molecule has 8 nitrogen and oxygen atoms in total. The fourth-order valence-corrected chi connectivity index (χ4v) is 5.13. The molecule has 0 saturated carbocycles. The first-order chi connectivity index (χ1) is 16.5. The molecule has 34 heavy (non-hydrogen) atoms. The van der Waals surface area contributed by atoms with Gasteiger partial charge < -0.3 is 0 Å². The van der Waals surface area contributed by atoms with Crippen LogP contribution in [0.15, 0.2) is 60.7 Å². The van der Waals surface area contributed by atoms with E-state index in [9.17, 15) is 19.2 Å². The molecule has 0 spiro atoms. The maximum atomic E-state index is 13.0. The summed E-state index contributed by atoms with van der Waals surface area (Å²) in [6.45, 7) is 2.92. The van der Waals surface area contributed by atoms with Crippen molar-refractivity contribution in [3.05, 3.63) is 71.8 Å². The first-order valence-electron chi connectivity index (χ1n) is 11.8. The molecule has 3 aliphatic heterocycles. The van der Waals surface area contributed by atoms with E-state index in [1.54, 1.807) is 0 Å². The number of likely N-dealkylation sites (tertiary alicyclic amines) is 2. The van der Waals surface area contributed by atoms with E-state index in [0.29, 0.717) is 39.3 Å². The number of piperazine rings is 1. The summed E-state index contributed by atoms with van der Waals surface area (Å²) in [5, 5.41) is 0. The number of amides is 4. The van der Waals surface area contributed by atoms with Crippen molar-refractivity contribution in [1.82, 2.24) is 19.6 Å². The van der Waals surface area contributed by atoms with Crippen LogP contribution in [0.2, 0.25) is 0 Å². The third-order valence-corrected chi connectivity index (χ3v) is 7.04. The summed E-state index contributed by atoms with van der Waals surface area (Å²) in [6, 6.07) is 18.1. The fraction of sp³-hybridized carbons (Fsp3) is 0.385. The Bertz CT molecular complexity index is 995. The molecule has 0 aromatic heterocycles. The van der Waals surface area contributed by atoms with Crippen LogP contribution in [0.25, 0.3) is 0 Å². The quantitative estimate of drug-likeness (QED) is 0.604. The Morgan fingerprint density at radius 3 is 1.26 bits per heavy atom. The van der Waals surface area contributed by atoms with Crippen LogP contribution in [0, 0.1) is 0 Å². The van der Waals surface area contributed by atoms with Crippen molar-refractivity contribution in [1.29, 1.82) is 0 Å². The van der Waals surface area contributed by atoms with E-state index in [2.05, 4.69) is 0 Å². The van der Waals surface area contributed by atoms with Crippen molar-refractivity contribution in [2.24, 2.45) is 0 Å². The van der Waals surface area contributed by atoms with Crippen molar-refractivity contribution in [3.8, 4) is 0 Å². The van der Waals surface area contributed by atoms with Gasteiger partial charge in [0.1, 0.15) is 0 Å². The van der Waals surface area contributed by atoms with Gasteiger partial charge in [0.2, 0.25) is 23.6 Å². The third kappa shape index (κ3) is 4.38. The number of carbonyl (C=O) groups is 4. The zero-order valence-electron chi connectivity index (χ0n) is 19.0. The standard InChI is InChI=1S/C26H28N4O4/c31-23-15-21(25(33)29(23)17-19-7-3-1-4-8-19)27-11-13-28(14-12-27)22-16-24(32)30(26(22)34)18-20-9-5-2-6-10-20/h1-10,21-22H,11-18H2. The molecule has 2 aromatic rings. The Morgan fingerprint density at radius 1 is 0.559 bits per heavy atom. The maximum Gasteiger partial charge on any atom is 0.247 e. The molecule has 4 amide bonds. The van der Waals surface area contributed by atoms with Crippen LogP contribution in [0.4, 0.5) is 0 Å². The SMILES string of the molecule is O=C1CC(N2CCN(C3CC(=O)N(Cc4ccccc4)C3=O)CC2)C(=O)N1Cc1ccccc1. The molecule has 2 aromatic carbocycles. The Labute approximate surface area is 198 Å². The monoisotopic (exact) mass is 460 g/mol. The van der Waals surface area contributed by atoms with Crippen molar-refractivity contribution in [2.45, 2.75) is 38.0 Å². The largest absolute Gasteiger partial charge is 0.289 e. The predicted octanol–water partition coefficient (Wildman–Crippen LogP) is 1.26. The van der Waals surface area contributed by atoms with Crippen LogP contribution in [0.1, 0.15) is 24.0 Å². The molecule has 3 aliphatic rings. The molecule has 2 atom stereocenters. The van der Waals surface area contributed by atoms with Crippen molar-refractivity contribution in [2.75, 3.05) is 26.2 Å². The van der Waals surface area contributed by atoms with Crippen LogP contribution < -0.4 is 0 Å². The average molecular weight is 461 g/mol. The number of rotatable bonds is 6. The normalized spacial score (nSPS) is 24.5. The average Bonchev–Trinajstić information content (AvgIpc) is 3.30. The van der Waals surface area contributed by atoms with Gasteiger partial charge >= 0.3 is 0 Å². The minimum atomic E-state index is -0.450. The van der Waals surface area contributed by atoms with Crippen LogP contribution >= 0.6 is 0 Å². The molecule has 8 heteroatoms. The number of hydrogen-bond acceptors (Lipinski definition) is 6. The van der Waals surface area contributed by atoms with Gasteiger partial charge in [0.05, 0.1) is 38.0 Å². The zero-order chi connectivity index (χ0) is 23.7. The van der Waals surface area contributed by atoms with Crippen LogP contribution in [-0.4, -0.2) is 81.5 Å². The highest BCUT2D eigenvalue weighted by Gasteiger charge is 2.45. The van der Waals surface area contributed by atoms with Gasteiger partial charge in [0, 0.05) is 26.2 Å². The molecule has 5 rings (SSSR count). The molecule has 3 saturated heterocycles. The second kappa shape index (κ2) is 9.48. The molecular weight excluding hydrogens is 432 g/mol. The lowest BCUT2D eigenvalue weighted by Gasteiger charge is -2.38. The van der Waals surface area contributed by atoms with E-state index in [1.807, 2.05) is 70.5 Å². The highest BCUT2D eigenvalue weighted by molar-refractivity contribution is 6.06. The van der Waals surface area contributed by atoms with E-state index < -0.39 is 12.1 Å². The van der Waals surface area contributed by atoms with Gasteiger partial charge in [-0.2, -0.15) is 0 Å². The van der Waals surface area contributed by atoms with Crippen LogP contribution in [-0.2, 0) is 32.3 Å². The number of benzene rings is 2. The third-order valence-electron chi connectivity index (χ3n) is 7.04. The zero-order valence-corrected chi connectivity index (χ0v) is 19.0. The van der Waals surface area contributed by atoms with Crippen molar-refractivity contribution in [3.63, 3.8) is 0 Å². The lowest BCUT2D eigenvalue weighted by atomic mass is 10.1. The highest BCUT2D eigenvalue weighted by Crippen LogP contribution is 2.26. The fourth-order valence-electron chi connectivity index (χ4n) is 5.13. The molecule has 176 valence electrons. The Hall–Kier alpha value is -3.36. The summed E-state index contributed by atoms with van der Waals surface area (Å²) >= 11 is 0. The van der Waals surface area contributed by atoms with Crippen molar-refractivity contribution >= 4 is 23.6 Å². The summed E-state index contributed by atoms with van der Waals surface area (Å²) in [5.74, 6) is -0.587. The number of carbonyl (C=O) groups excluding carboxylic acids is 4. The van der Waals surface area contributed by atoms with Gasteiger partial charge in [0.15, 0.2) is 0 Å². The summed E-state index contributed by atoms with van der Waals surface area (Å²) in [4.78, 5) is 57.9. The first kappa shape index (κ1) is 22.4. The minimum Gasteiger partial charge on any atom is -0.289 e. The predicted molar refractivity (Wildman–Crippen MR) is 124 cm³/mol. The van der Waals surface area contributed by atoms with E-state index in [1.165, 1.54) is 9.80 Å². The van der Waals surface area contributed by atoms with E-state index >= 15 is 0 Å². The summed E-state index contributed by atoms with van der Waals surface area (Å²) < 4.78 is 0. The second-order valence-electron chi connectivity index (χ2n) is 9.12. The highest BCUT2D eigenvalue weighted by atomic mass is 16.2. The van der Waals surface area contributed by atoms with E-state index in [0.717, 1.165) is 11.1 Å². The second-order valence-corrected chi connectivity index (χ2v) is 9.12. The molecule has 3 fully saturated rings. The van der Waals surface area contributed by atoms with Crippen LogP contribution in [0.3, 0.4) is 0 Å². The first-order valence-corrected chi connectivity index (χ1v) is 11.8. The lowest BCUT2D eigenvalue weighted by molar-refractivity contribution is -0.143. The topological polar surface area (TPSA) is 81.2 Å². The molecule has 0 bridgehead atoms. The van der Waals surface area contributed by atoms with Gasteiger partial charge in [-0.3, -0.25) is 38.8 Å². The summed E-state index contributed by atoms with van der Waals surface area (Å²) in [5.41, 5.74) is 1.86. The van der Waals surface area contributed by atoms with E-state index in [-0.39, 0.29) is 36.5 Å². The molecular formula is C26H28N4O4. The lowest BCUT2D eigenvalue weighted by Crippen LogP contribution is -2.56. The number of hydrogen-bond donors (Lipinski definition) is 0. The minimum absolute atomic E-state index is 0.144. The molecule has 0 aliphatic carbocycles. The Morgan fingerprint density at radius 2 is 0.912 bits per heavy atom. The summed E-state index contributed by atoms with van der Waals surface area (Å²) in [7, 11) is 0. The maximum absolute atomic E-state index is 13.0. The number of imide groups is 2. The van der Waals surface area contributed by atoms with Gasteiger partial charge in [-0.05, 0) is 11.1 Å². The molecule has 0 radical (unpaired) electrons. The van der Waals surface area contributed by atoms with Crippen LogP contribution in [0.5, 0.6) is 0 Å². The smallest absolute Gasteiger partial charge is 0.247 e. The van der Waals surface area contributed by atoms with Crippen molar-refractivity contribution < 1.29 is 19.2 Å². The molecule has 2 unspecified atom stereocenters. The number of nitrogens with zero attached hydrogens (tertiary/aromatic N) is 4. The molecule has 3 heterocycles. The Kier molecular flexibility index (Phi) is 6.26. The van der Waals surface area contributed by atoms with Gasteiger partial charge in [0.25, 0.3) is 0 Å². The van der Waals surface area contributed by atoms with Gasteiger partial charge in [-0.1, -0.05) is 60.7 Å². The summed E-state index contributed by atoms with van der Waals surface area (Å²) in [6.07, 6.45) is 0.384. The Balaban J connectivity index is 1.17. The van der Waals surface area contributed by atoms with Gasteiger partial charge in [-0.25, -0.2) is 0 Å². The van der Waals surface area contributed by atoms with E-state index in [4.69, 9.17) is 0 Å². The molecule has 0 N–H and O–H groups in total. The van der Waals surface area contributed by atoms with Gasteiger partial charge in [-0.15, -0.1) is 0 Å².